The van der Waals surface area contributed by atoms with Gasteiger partial charge in [-0.1, -0.05) is 59.6 Å². The average Bonchev–Trinajstić information content (AvgIpc) is 2.45. The second-order valence-corrected chi connectivity index (χ2v) is 10.4. The SMILES string of the molecule is CCCC/C=C/[C@H](O)[C@H](C)CO[Si](CC)(CC)CC. The monoisotopic (exact) mass is 286 g/mol. The Morgan fingerprint density at radius 2 is 1.68 bits per heavy atom. The molecule has 0 aliphatic rings. The van der Waals surface area contributed by atoms with Crippen LogP contribution in [0.4, 0.5) is 0 Å². The van der Waals surface area contributed by atoms with Gasteiger partial charge in [0.15, 0.2) is 8.32 Å². The van der Waals surface area contributed by atoms with Crippen molar-refractivity contribution in [2.45, 2.75) is 78.1 Å². The normalized spacial score (nSPS) is 15.9. The smallest absolute Gasteiger partial charge is 0.191 e. The van der Waals surface area contributed by atoms with Crippen molar-refractivity contribution in [2.75, 3.05) is 6.61 Å². The van der Waals surface area contributed by atoms with Gasteiger partial charge in [0, 0.05) is 12.5 Å². The molecule has 19 heavy (non-hydrogen) atoms. The topological polar surface area (TPSA) is 29.5 Å². The Bertz CT molecular complexity index is 229. The molecule has 0 unspecified atom stereocenters. The number of rotatable bonds is 11. The lowest BCUT2D eigenvalue weighted by atomic mass is 10.1. The molecule has 0 aromatic carbocycles. The minimum atomic E-state index is -1.51. The summed E-state index contributed by atoms with van der Waals surface area (Å²) >= 11 is 0. The summed E-state index contributed by atoms with van der Waals surface area (Å²) in [6.45, 7) is 11.7. The molecule has 0 spiro atoms. The predicted octanol–water partition coefficient (Wildman–Crippen LogP) is 4.75. The number of hydrogen-bond donors (Lipinski definition) is 1. The van der Waals surface area contributed by atoms with Crippen LogP contribution in [0.25, 0.3) is 0 Å². The van der Waals surface area contributed by atoms with Crippen molar-refractivity contribution in [3.05, 3.63) is 12.2 Å². The van der Waals surface area contributed by atoms with Crippen molar-refractivity contribution in [2.24, 2.45) is 5.92 Å². The molecule has 0 saturated heterocycles. The van der Waals surface area contributed by atoms with Crippen LogP contribution in [0.15, 0.2) is 12.2 Å². The highest BCUT2D eigenvalue weighted by molar-refractivity contribution is 6.73. The van der Waals surface area contributed by atoms with Gasteiger partial charge in [0.1, 0.15) is 0 Å². The second kappa shape index (κ2) is 10.6. The van der Waals surface area contributed by atoms with Crippen molar-refractivity contribution in [3.8, 4) is 0 Å². The van der Waals surface area contributed by atoms with Crippen LogP contribution in [-0.2, 0) is 4.43 Å². The zero-order valence-electron chi connectivity index (χ0n) is 13.6. The quantitative estimate of drug-likeness (QED) is 0.337. The van der Waals surface area contributed by atoms with Crippen LogP contribution in [-0.4, -0.2) is 26.1 Å². The summed E-state index contributed by atoms with van der Waals surface area (Å²) in [5.74, 6) is 0.189. The van der Waals surface area contributed by atoms with E-state index in [1.165, 1.54) is 31.0 Å². The van der Waals surface area contributed by atoms with E-state index in [0.29, 0.717) is 6.61 Å². The van der Waals surface area contributed by atoms with Gasteiger partial charge in [-0.2, -0.15) is 0 Å². The molecule has 0 rings (SSSR count). The van der Waals surface area contributed by atoms with E-state index >= 15 is 0 Å². The van der Waals surface area contributed by atoms with Crippen LogP contribution in [0.3, 0.4) is 0 Å². The van der Waals surface area contributed by atoms with Gasteiger partial charge in [-0.15, -0.1) is 0 Å². The molecule has 0 aliphatic heterocycles. The zero-order valence-corrected chi connectivity index (χ0v) is 14.6. The average molecular weight is 287 g/mol. The standard InChI is InChI=1S/C16H34O2Si/c1-6-10-11-12-13-16(17)15(5)14-18-19(7-2,8-3)9-4/h12-13,15-17H,6-11,14H2,1-5H3/b13-12+/t15-,16+/m1/s1. The third-order valence-corrected chi connectivity index (χ3v) is 8.87. The Labute approximate surface area is 121 Å². The van der Waals surface area contributed by atoms with Crippen LogP contribution < -0.4 is 0 Å². The lowest BCUT2D eigenvalue weighted by Crippen LogP contribution is -2.38. The predicted molar refractivity (Wildman–Crippen MR) is 87.0 cm³/mol. The fourth-order valence-electron chi connectivity index (χ4n) is 2.21. The van der Waals surface area contributed by atoms with Gasteiger partial charge in [0.05, 0.1) is 6.10 Å². The highest BCUT2D eigenvalue weighted by Gasteiger charge is 2.29. The molecule has 0 saturated carbocycles. The van der Waals surface area contributed by atoms with Gasteiger partial charge < -0.3 is 9.53 Å². The Morgan fingerprint density at radius 3 is 2.16 bits per heavy atom. The van der Waals surface area contributed by atoms with Crippen LogP contribution >= 0.6 is 0 Å². The highest BCUT2D eigenvalue weighted by atomic mass is 28.4. The molecular formula is C16H34O2Si. The summed E-state index contributed by atoms with van der Waals surface area (Å²) < 4.78 is 6.23. The number of aliphatic hydroxyl groups is 1. The van der Waals surface area contributed by atoms with Crippen LogP contribution in [0, 0.1) is 5.92 Å². The van der Waals surface area contributed by atoms with Gasteiger partial charge in [-0.3, -0.25) is 0 Å². The second-order valence-electron chi connectivity index (χ2n) is 5.59. The molecule has 0 amide bonds. The maximum Gasteiger partial charge on any atom is 0.191 e. The summed E-state index contributed by atoms with van der Waals surface area (Å²) in [6.07, 6.45) is 7.15. The number of unbranched alkanes of at least 4 members (excludes halogenated alkanes) is 2. The van der Waals surface area contributed by atoms with E-state index in [4.69, 9.17) is 4.43 Å². The van der Waals surface area contributed by atoms with Crippen molar-refractivity contribution < 1.29 is 9.53 Å². The van der Waals surface area contributed by atoms with E-state index < -0.39 is 8.32 Å². The molecule has 2 atom stereocenters. The van der Waals surface area contributed by atoms with Gasteiger partial charge in [0.2, 0.25) is 0 Å². The first kappa shape index (κ1) is 18.9. The van der Waals surface area contributed by atoms with E-state index in [-0.39, 0.29) is 12.0 Å². The molecule has 0 bridgehead atoms. The number of aliphatic hydroxyl groups excluding tert-OH is 1. The van der Waals surface area contributed by atoms with Gasteiger partial charge in [-0.05, 0) is 24.6 Å². The Kier molecular flexibility index (Phi) is 10.6. The molecule has 0 aromatic heterocycles. The molecule has 0 radical (unpaired) electrons. The Balaban J connectivity index is 4.14. The van der Waals surface area contributed by atoms with E-state index in [9.17, 15) is 5.11 Å². The molecule has 2 nitrogen and oxygen atoms in total. The number of allylic oxidation sites excluding steroid dienone is 1. The first-order valence-electron chi connectivity index (χ1n) is 8.03. The van der Waals surface area contributed by atoms with E-state index in [0.717, 1.165) is 6.42 Å². The van der Waals surface area contributed by atoms with Crippen molar-refractivity contribution in [3.63, 3.8) is 0 Å². The van der Waals surface area contributed by atoms with Crippen LogP contribution in [0.2, 0.25) is 18.1 Å². The molecule has 114 valence electrons. The maximum absolute atomic E-state index is 10.1. The molecule has 0 fully saturated rings. The lowest BCUT2D eigenvalue weighted by molar-refractivity contribution is 0.116. The van der Waals surface area contributed by atoms with Gasteiger partial charge in [0.25, 0.3) is 0 Å². The largest absolute Gasteiger partial charge is 0.416 e. The number of hydrogen-bond acceptors (Lipinski definition) is 2. The Hall–Kier alpha value is -0.123. The Morgan fingerprint density at radius 1 is 1.11 bits per heavy atom. The molecule has 3 heteroatoms. The van der Waals surface area contributed by atoms with Gasteiger partial charge >= 0.3 is 0 Å². The first-order valence-corrected chi connectivity index (χ1v) is 10.6. The van der Waals surface area contributed by atoms with E-state index in [1.54, 1.807) is 0 Å². The molecule has 0 aliphatic carbocycles. The highest BCUT2D eigenvalue weighted by Crippen LogP contribution is 2.23. The van der Waals surface area contributed by atoms with Crippen molar-refractivity contribution >= 4 is 8.32 Å². The summed E-state index contributed by atoms with van der Waals surface area (Å²) in [6, 6.07) is 3.53. The minimum Gasteiger partial charge on any atom is -0.416 e. The van der Waals surface area contributed by atoms with Crippen molar-refractivity contribution in [1.82, 2.24) is 0 Å². The summed E-state index contributed by atoms with van der Waals surface area (Å²) in [7, 11) is -1.51. The van der Waals surface area contributed by atoms with Crippen LogP contribution in [0.5, 0.6) is 0 Å². The third-order valence-electron chi connectivity index (χ3n) is 4.23. The fraction of sp³-hybridized carbons (Fsp3) is 0.875. The first-order chi connectivity index (χ1) is 9.05. The minimum absolute atomic E-state index is 0.189. The summed E-state index contributed by atoms with van der Waals surface area (Å²) in [4.78, 5) is 0. The van der Waals surface area contributed by atoms with Gasteiger partial charge in [-0.25, -0.2) is 0 Å². The fourth-order valence-corrected chi connectivity index (χ4v) is 4.94. The molecular weight excluding hydrogens is 252 g/mol. The zero-order chi connectivity index (χ0) is 14.7. The van der Waals surface area contributed by atoms with Crippen molar-refractivity contribution in [1.29, 1.82) is 0 Å². The summed E-state index contributed by atoms with van der Waals surface area (Å²) in [5.41, 5.74) is 0. The molecule has 1 N–H and O–H groups in total. The molecule has 0 heterocycles. The molecule has 0 aromatic rings. The maximum atomic E-state index is 10.1. The van der Waals surface area contributed by atoms with Crippen LogP contribution in [0.1, 0.15) is 53.9 Å². The van der Waals surface area contributed by atoms with E-state index in [2.05, 4.69) is 40.7 Å². The van der Waals surface area contributed by atoms with E-state index in [1.807, 2.05) is 6.08 Å². The third kappa shape index (κ3) is 7.28. The summed E-state index contributed by atoms with van der Waals surface area (Å²) in [5, 5.41) is 10.1. The lowest BCUT2D eigenvalue weighted by Gasteiger charge is -2.30.